The van der Waals surface area contributed by atoms with Gasteiger partial charge in [-0.3, -0.25) is 0 Å². The van der Waals surface area contributed by atoms with Gasteiger partial charge in [0.05, 0.1) is 6.61 Å². The number of hydrogen-bond acceptors (Lipinski definition) is 2. The predicted molar refractivity (Wildman–Crippen MR) is 51.1 cm³/mol. The molecule has 14 heavy (non-hydrogen) atoms. The van der Waals surface area contributed by atoms with E-state index in [0.29, 0.717) is 12.5 Å². The number of hydrogen-bond donors (Lipinski definition) is 1. The summed E-state index contributed by atoms with van der Waals surface area (Å²) >= 11 is 0. The number of alkyl halides is 2. The highest BCUT2D eigenvalue weighted by molar-refractivity contribution is 4.74. The van der Waals surface area contributed by atoms with Gasteiger partial charge < -0.3 is 10.5 Å². The zero-order valence-corrected chi connectivity index (χ0v) is 8.42. The second kappa shape index (κ2) is 6.30. The lowest BCUT2D eigenvalue weighted by Crippen LogP contribution is -2.30. The van der Waals surface area contributed by atoms with Crippen molar-refractivity contribution < 1.29 is 13.5 Å². The Morgan fingerprint density at radius 1 is 1.21 bits per heavy atom. The first-order valence-electron chi connectivity index (χ1n) is 5.34. The average Bonchev–Trinajstić information content (AvgIpc) is 2.20. The van der Waals surface area contributed by atoms with Gasteiger partial charge in [-0.05, 0) is 18.4 Å². The first-order chi connectivity index (χ1) is 6.74. The smallest absolute Gasteiger partial charge is 0.330 e. The van der Waals surface area contributed by atoms with Gasteiger partial charge >= 0.3 is 6.61 Å². The number of rotatable bonds is 5. The van der Waals surface area contributed by atoms with Crippen molar-refractivity contribution in [3.8, 4) is 0 Å². The molecular formula is C10H19F2NO. The van der Waals surface area contributed by atoms with Crippen molar-refractivity contribution in [1.82, 2.24) is 0 Å². The minimum Gasteiger partial charge on any atom is -0.330 e. The van der Waals surface area contributed by atoms with Crippen LogP contribution in [0.5, 0.6) is 0 Å². The van der Waals surface area contributed by atoms with E-state index in [0.717, 1.165) is 12.8 Å². The third kappa shape index (κ3) is 3.88. The molecule has 2 nitrogen and oxygen atoms in total. The standard InChI is InChI=1S/C10H19F2NO/c11-10(12)14-7-9(6-13)8-4-2-1-3-5-8/h8-10H,1-7,13H2. The van der Waals surface area contributed by atoms with Crippen molar-refractivity contribution in [3.63, 3.8) is 0 Å². The Morgan fingerprint density at radius 3 is 2.36 bits per heavy atom. The first kappa shape index (κ1) is 11.9. The van der Waals surface area contributed by atoms with Crippen LogP contribution in [0.15, 0.2) is 0 Å². The molecule has 1 atom stereocenters. The third-order valence-corrected chi connectivity index (χ3v) is 3.06. The maximum atomic E-state index is 11.8. The maximum Gasteiger partial charge on any atom is 0.345 e. The van der Waals surface area contributed by atoms with Crippen LogP contribution < -0.4 is 5.73 Å². The Kier molecular flexibility index (Phi) is 5.33. The minimum atomic E-state index is -2.66. The molecule has 1 fully saturated rings. The molecule has 1 rings (SSSR count). The van der Waals surface area contributed by atoms with E-state index in [-0.39, 0.29) is 12.5 Å². The molecular weight excluding hydrogens is 188 g/mol. The average molecular weight is 207 g/mol. The maximum absolute atomic E-state index is 11.8. The lowest BCUT2D eigenvalue weighted by molar-refractivity contribution is -0.142. The largest absolute Gasteiger partial charge is 0.345 e. The summed E-state index contributed by atoms with van der Waals surface area (Å²) in [5, 5.41) is 0. The Hall–Kier alpha value is -0.220. The Labute approximate surface area is 83.8 Å². The molecule has 1 aliphatic rings. The summed E-state index contributed by atoms with van der Waals surface area (Å²) < 4.78 is 28.0. The normalized spacial score (nSPS) is 21.4. The molecule has 0 saturated heterocycles. The fourth-order valence-electron chi connectivity index (χ4n) is 2.20. The van der Waals surface area contributed by atoms with Gasteiger partial charge in [0.25, 0.3) is 0 Å². The molecule has 0 aromatic rings. The molecule has 0 aliphatic heterocycles. The van der Waals surface area contributed by atoms with E-state index >= 15 is 0 Å². The van der Waals surface area contributed by atoms with Crippen LogP contribution in [-0.4, -0.2) is 19.8 Å². The number of halogens is 2. The van der Waals surface area contributed by atoms with Crippen LogP contribution in [0.1, 0.15) is 32.1 Å². The summed E-state index contributed by atoms with van der Waals surface area (Å²) in [6.45, 7) is -2.09. The van der Waals surface area contributed by atoms with E-state index in [1.165, 1.54) is 19.3 Å². The van der Waals surface area contributed by atoms with Crippen molar-refractivity contribution >= 4 is 0 Å². The summed E-state index contributed by atoms with van der Waals surface area (Å²) in [6, 6.07) is 0. The van der Waals surface area contributed by atoms with E-state index < -0.39 is 6.61 Å². The molecule has 0 aromatic carbocycles. The molecule has 1 aliphatic carbocycles. The molecule has 84 valence electrons. The van der Waals surface area contributed by atoms with E-state index in [4.69, 9.17) is 5.73 Å². The molecule has 0 spiro atoms. The molecule has 4 heteroatoms. The summed E-state index contributed by atoms with van der Waals surface area (Å²) in [4.78, 5) is 0. The van der Waals surface area contributed by atoms with Crippen molar-refractivity contribution in [1.29, 1.82) is 0 Å². The van der Waals surface area contributed by atoms with Gasteiger partial charge in [0, 0.05) is 0 Å². The van der Waals surface area contributed by atoms with Gasteiger partial charge in [-0.2, -0.15) is 8.78 Å². The molecule has 0 amide bonds. The lowest BCUT2D eigenvalue weighted by Gasteiger charge is -2.29. The Bertz CT molecular complexity index is 149. The van der Waals surface area contributed by atoms with Crippen LogP contribution in [0.4, 0.5) is 8.78 Å². The van der Waals surface area contributed by atoms with Crippen LogP contribution in [0.3, 0.4) is 0 Å². The topological polar surface area (TPSA) is 35.2 Å². The molecule has 0 aromatic heterocycles. The Morgan fingerprint density at radius 2 is 1.86 bits per heavy atom. The SMILES string of the molecule is NCC(COC(F)F)C1CCCCC1. The van der Waals surface area contributed by atoms with E-state index in [1.54, 1.807) is 0 Å². The van der Waals surface area contributed by atoms with Gasteiger partial charge in [-0.1, -0.05) is 32.1 Å². The lowest BCUT2D eigenvalue weighted by atomic mass is 9.80. The van der Waals surface area contributed by atoms with Crippen molar-refractivity contribution in [2.24, 2.45) is 17.6 Å². The number of nitrogens with two attached hydrogens (primary N) is 1. The van der Waals surface area contributed by atoms with Crippen LogP contribution in [0.25, 0.3) is 0 Å². The summed E-state index contributed by atoms with van der Waals surface area (Å²) in [7, 11) is 0. The molecule has 1 saturated carbocycles. The van der Waals surface area contributed by atoms with Crippen LogP contribution >= 0.6 is 0 Å². The van der Waals surface area contributed by atoms with Crippen molar-refractivity contribution in [2.75, 3.05) is 13.2 Å². The van der Waals surface area contributed by atoms with Crippen LogP contribution in [0, 0.1) is 11.8 Å². The van der Waals surface area contributed by atoms with Gasteiger partial charge in [0.2, 0.25) is 0 Å². The van der Waals surface area contributed by atoms with Gasteiger partial charge in [-0.15, -0.1) is 0 Å². The highest BCUT2D eigenvalue weighted by Gasteiger charge is 2.23. The fourth-order valence-corrected chi connectivity index (χ4v) is 2.20. The quantitative estimate of drug-likeness (QED) is 0.751. The molecule has 2 N–H and O–H groups in total. The van der Waals surface area contributed by atoms with Gasteiger partial charge in [-0.25, -0.2) is 0 Å². The third-order valence-electron chi connectivity index (χ3n) is 3.06. The number of ether oxygens (including phenoxy) is 1. The summed E-state index contributed by atoms with van der Waals surface area (Å²) in [5.74, 6) is 0.608. The molecule has 0 radical (unpaired) electrons. The van der Waals surface area contributed by atoms with Gasteiger partial charge in [0.15, 0.2) is 0 Å². The fraction of sp³-hybridized carbons (Fsp3) is 1.00. The van der Waals surface area contributed by atoms with Crippen molar-refractivity contribution in [3.05, 3.63) is 0 Å². The predicted octanol–water partition coefficient (Wildman–Crippen LogP) is 2.38. The van der Waals surface area contributed by atoms with Crippen LogP contribution in [0.2, 0.25) is 0 Å². The second-order valence-corrected chi connectivity index (χ2v) is 3.99. The monoisotopic (exact) mass is 207 g/mol. The van der Waals surface area contributed by atoms with E-state index in [9.17, 15) is 8.78 Å². The molecule has 1 unspecified atom stereocenters. The van der Waals surface area contributed by atoms with Crippen LogP contribution in [-0.2, 0) is 4.74 Å². The van der Waals surface area contributed by atoms with Crippen molar-refractivity contribution in [2.45, 2.75) is 38.7 Å². The summed E-state index contributed by atoms with van der Waals surface area (Å²) in [6.07, 6.45) is 5.91. The van der Waals surface area contributed by atoms with E-state index in [2.05, 4.69) is 4.74 Å². The highest BCUT2D eigenvalue weighted by Crippen LogP contribution is 2.29. The molecule has 0 bridgehead atoms. The van der Waals surface area contributed by atoms with Gasteiger partial charge in [0.1, 0.15) is 0 Å². The zero-order valence-electron chi connectivity index (χ0n) is 8.42. The summed E-state index contributed by atoms with van der Waals surface area (Å²) in [5.41, 5.74) is 5.56. The van der Waals surface area contributed by atoms with E-state index in [1.807, 2.05) is 0 Å². The minimum absolute atomic E-state index is 0.110. The molecule has 0 heterocycles. The Balaban J connectivity index is 2.28. The first-order valence-corrected chi connectivity index (χ1v) is 5.34. The zero-order chi connectivity index (χ0) is 10.4. The second-order valence-electron chi connectivity index (χ2n) is 3.99. The highest BCUT2D eigenvalue weighted by atomic mass is 19.3.